The molecule has 19 heavy (non-hydrogen) atoms. The lowest BCUT2D eigenvalue weighted by atomic mass is 9.92. The summed E-state index contributed by atoms with van der Waals surface area (Å²) in [5.74, 6) is 0.990. The minimum Gasteiger partial charge on any atom is -0.282 e. The Balaban J connectivity index is 2.10. The molecule has 0 spiro atoms. The van der Waals surface area contributed by atoms with Gasteiger partial charge < -0.3 is 0 Å². The molecular formula is C15H27NO2S. The normalized spacial score (nSPS) is 18.4. The number of likely N-dealkylation sites (tertiary alicyclic amines) is 1. The third kappa shape index (κ3) is 5.17. The maximum atomic E-state index is 12.0. The van der Waals surface area contributed by atoms with Crippen LogP contribution in [0.2, 0.25) is 0 Å². The molecule has 1 fully saturated rings. The van der Waals surface area contributed by atoms with E-state index >= 15 is 0 Å². The Hall–Kier alpha value is -0.510. The number of rotatable bonds is 9. The molecule has 0 aromatic rings. The molecule has 3 nitrogen and oxygen atoms in total. The van der Waals surface area contributed by atoms with Crippen molar-refractivity contribution in [1.82, 2.24) is 4.90 Å². The van der Waals surface area contributed by atoms with E-state index in [1.807, 2.05) is 13.8 Å². The van der Waals surface area contributed by atoms with E-state index in [4.69, 9.17) is 0 Å². The van der Waals surface area contributed by atoms with Gasteiger partial charge in [-0.1, -0.05) is 46.0 Å². The molecule has 1 heterocycles. The van der Waals surface area contributed by atoms with E-state index < -0.39 is 5.41 Å². The summed E-state index contributed by atoms with van der Waals surface area (Å²) >= 11 is 4.19. The van der Waals surface area contributed by atoms with Crippen LogP contribution in [0.1, 0.15) is 65.2 Å². The van der Waals surface area contributed by atoms with E-state index in [0.717, 1.165) is 18.6 Å². The molecule has 1 rings (SSSR count). The monoisotopic (exact) mass is 285 g/mol. The third-order valence-electron chi connectivity index (χ3n) is 3.76. The molecule has 0 aromatic heterocycles. The van der Waals surface area contributed by atoms with Crippen molar-refractivity contribution in [3.8, 4) is 0 Å². The summed E-state index contributed by atoms with van der Waals surface area (Å²) in [6, 6.07) is 0. The van der Waals surface area contributed by atoms with Crippen molar-refractivity contribution < 1.29 is 9.59 Å². The van der Waals surface area contributed by atoms with Crippen molar-refractivity contribution in [2.45, 2.75) is 65.2 Å². The highest BCUT2D eigenvalue weighted by Gasteiger charge is 2.44. The molecule has 0 radical (unpaired) electrons. The first kappa shape index (κ1) is 16.5. The van der Waals surface area contributed by atoms with Crippen LogP contribution in [-0.2, 0) is 9.59 Å². The smallest absolute Gasteiger partial charge is 0.235 e. The van der Waals surface area contributed by atoms with E-state index in [1.54, 1.807) is 0 Å². The standard InChI is InChI=1S/C15H27NO2S/c1-15(2)12-13(17)16(14(15)18)10-8-6-4-3-5-7-9-11-19/h19H,3-12H2,1-2H3. The molecule has 0 saturated carbocycles. The first-order valence-corrected chi connectivity index (χ1v) is 8.08. The Labute approximate surface area is 122 Å². The number of hydrogen-bond acceptors (Lipinski definition) is 3. The molecule has 1 aliphatic rings. The topological polar surface area (TPSA) is 37.4 Å². The second-order valence-corrected chi connectivity index (χ2v) is 6.56. The van der Waals surface area contributed by atoms with Crippen molar-refractivity contribution >= 4 is 24.4 Å². The van der Waals surface area contributed by atoms with Gasteiger partial charge in [0, 0.05) is 13.0 Å². The Morgan fingerprint density at radius 3 is 2.00 bits per heavy atom. The zero-order valence-electron chi connectivity index (χ0n) is 12.3. The molecule has 0 bridgehead atoms. The number of unbranched alkanes of at least 4 members (excludes halogenated alkanes) is 6. The number of carbonyl (C=O) groups excluding carboxylic acids is 2. The zero-order chi connectivity index (χ0) is 14.3. The number of imide groups is 1. The lowest BCUT2D eigenvalue weighted by Gasteiger charge is -2.17. The summed E-state index contributed by atoms with van der Waals surface area (Å²) in [5.41, 5.74) is -0.482. The van der Waals surface area contributed by atoms with Gasteiger partial charge in [0.2, 0.25) is 11.8 Å². The van der Waals surface area contributed by atoms with Crippen molar-refractivity contribution in [2.24, 2.45) is 5.41 Å². The van der Waals surface area contributed by atoms with E-state index in [-0.39, 0.29) is 11.8 Å². The number of nitrogens with zero attached hydrogens (tertiary/aromatic N) is 1. The average molecular weight is 285 g/mol. The van der Waals surface area contributed by atoms with Crippen LogP contribution in [-0.4, -0.2) is 29.0 Å². The fourth-order valence-electron chi connectivity index (χ4n) is 2.52. The van der Waals surface area contributed by atoms with Gasteiger partial charge in [-0.15, -0.1) is 0 Å². The van der Waals surface area contributed by atoms with Gasteiger partial charge in [-0.05, 0) is 18.6 Å². The highest BCUT2D eigenvalue weighted by molar-refractivity contribution is 7.80. The highest BCUT2D eigenvalue weighted by Crippen LogP contribution is 2.31. The van der Waals surface area contributed by atoms with Crippen LogP contribution < -0.4 is 0 Å². The predicted molar refractivity (Wildman–Crippen MR) is 81.3 cm³/mol. The Bertz CT molecular complexity index is 315. The maximum Gasteiger partial charge on any atom is 0.235 e. The fourth-order valence-corrected chi connectivity index (χ4v) is 2.74. The molecule has 0 aliphatic carbocycles. The van der Waals surface area contributed by atoms with E-state index in [1.165, 1.54) is 37.0 Å². The lowest BCUT2D eigenvalue weighted by molar-refractivity contribution is -0.140. The molecule has 0 atom stereocenters. The minimum atomic E-state index is -0.482. The lowest BCUT2D eigenvalue weighted by Crippen LogP contribution is -2.33. The number of thiol groups is 1. The number of hydrogen-bond donors (Lipinski definition) is 1. The SMILES string of the molecule is CC1(C)CC(=O)N(CCCCCCCCCS)C1=O. The summed E-state index contributed by atoms with van der Waals surface area (Å²) in [4.78, 5) is 25.2. The molecule has 110 valence electrons. The van der Waals surface area contributed by atoms with Crippen LogP contribution in [0.15, 0.2) is 0 Å². The molecular weight excluding hydrogens is 258 g/mol. The largest absolute Gasteiger partial charge is 0.282 e. The van der Waals surface area contributed by atoms with E-state index in [2.05, 4.69) is 12.6 Å². The zero-order valence-corrected chi connectivity index (χ0v) is 13.2. The van der Waals surface area contributed by atoms with Gasteiger partial charge in [-0.3, -0.25) is 14.5 Å². The van der Waals surface area contributed by atoms with Crippen LogP contribution in [0, 0.1) is 5.41 Å². The molecule has 0 N–H and O–H groups in total. The van der Waals surface area contributed by atoms with Crippen LogP contribution in [0.3, 0.4) is 0 Å². The van der Waals surface area contributed by atoms with Crippen LogP contribution in [0.4, 0.5) is 0 Å². The summed E-state index contributed by atoms with van der Waals surface area (Å²) in [5, 5.41) is 0. The van der Waals surface area contributed by atoms with Gasteiger partial charge in [0.15, 0.2) is 0 Å². The molecule has 0 aromatic carbocycles. The van der Waals surface area contributed by atoms with Crippen molar-refractivity contribution in [1.29, 1.82) is 0 Å². The van der Waals surface area contributed by atoms with E-state index in [0.29, 0.717) is 13.0 Å². The van der Waals surface area contributed by atoms with Gasteiger partial charge in [0.05, 0.1) is 5.41 Å². The Morgan fingerprint density at radius 2 is 1.53 bits per heavy atom. The summed E-state index contributed by atoms with van der Waals surface area (Å²) in [6.07, 6.45) is 8.62. The second kappa shape index (κ2) is 7.93. The first-order valence-electron chi connectivity index (χ1n) is 7.45. The first-order chi connectivity index (χ1) is 8.99. The van der Waals surface area contributed by atoms with Crippen LogP contribution in [0.5, 0.6) is 0 Å². The molecule has 4 heteroatoms. The summed E-state index contributed by atoms with van der Waals surface area (Å²) in [7, 11) is 0. The molecule has 2 amide bonds. The van der Waals surface area contributed by atoms with Crippen molar-refractivity contribution in [2.75, 3.05) is 12.3 Å². The Kier molecular flexibility index (Phi) is 6.90. The number of carbonyl (C=O) groups is 2. The maximum absolute atomic E-state index is 12.0. The van der Waals surface area contributed by atoms with Gasteiger partial charge in [0.25, 0.3) is 0 Å². The third-order valence-corrected chi connectivity index (χ3v) is 4.07. The highest BCUT2D eigenvalue weighted by atomic mass is 32.1. The fraction of sp³-hybridized carbons (Fsp3) is 0.867. The van der Waals surface area contributed by atoms with Gasteiger partial charge in [-0.2, -0.15) is 12.6 Å². The van der Waals surface area contributed by atoms with Crippen molar-refractivity contribution in [3.05, 3.63) is 0 Å². The number of amides is 2. The predicted octanol–water partition coefficient (Wildman–Crippen LogP) is 3.43. The van der Waals surface area contributed by atoms with Gasteiger partial charge >= 0.3 is 0 Å². The summed E-state index contributed by atoms with van der Waals surface area (Å²) in [6.45, 7) is 4.32. The average Bonchev–Trinajstić information content (AvgIpc) is 2.54. The summed E-state index contributed by atoms with van der Waals surface area (Å²) < 4.78 is 0. The second-order valence-electron chi connectivity index (χ2n) is 6.11. The molecule has 1 saturated heterocycles. The van der Waals surface area contributed by atoms with Crippen LogP contribution >= 0.6 is 12.6 Å². The van der Waals surface area contributed by atoms with Crippen molar-refractivity contribution in [3.63, 3.8) is 0 Å². The minimum absolute atomic E-state index is 0.00350. The molecule has 0 unspecified atom stereocenters. The quantitative estimate of drug-likeness (QED) is 0.400. The van der Waals surface area contributed by atoms with Gasteiger partial charge in [0.1, 0.15) is 0 Å². The Morgan fingerprint density at radius 1 is 1.00 bits per heavy atom. The van der Waals surface area contributed by atoms with E-state index in [9.17, 15) is 9.59 Å². The van der Waals surface area contributed by atoms with Crippen LogP contribution in [0.25, 0.3) is 0 Å². The molecule has 1 aliphatic heterocycles. The van der Waals surface area contributed by atoms with Gasteiger partial charge in [-0.25, -0.2) is 0 Å².